The number of hydrogen-bond donors (Lipinski definition) is 2. The second-order valence-electron chi connectivity index (χ2n) is 11.5. The van der Waals surface area contributed by atoms with Crippen LogP contribution >= 0.6 is 0 Å². The largest absolute Gasteiger partial charge is 0.386 e. The summed E-state index contributed by atoms with van der Waals surface area (Å²) in [6, 6.07) is 10.0. The SMILES string of the molecule is CCCCCCCCCCCCCCCC(=O)N[C@H](CN1CCCC(N(C)C)C1)[C@H](O)c1ccccc1. The summed E-state index contributed by atoms with van der Waals surface area (Å²) in [5.41, 5.74) is 0.870. The number of carbonyl (C=O) groups is 1. The van der Waals surface area contributed by atoms with Crippen LogP contribution in [0.3, 0.4) is 0 Å². The fourth-order valence-corrected chi connectivity index (χ4v) is 5.59. The Kier molecular flexibility index (Phi) is 16.8. The van der Waals surface area contributed by atoms with Crippen LogP contribution in [0.5, 0.6) is 0 Å². The van der Waals surface area contributed by atoms with Crippen LogP contribution in [0.25, 0.3) is 0 Å². The lowest BCUT2D eigenvalue weighted by Crippen LogP contribution is -2.52. The molecule has 5 heteroatoms. The molecule has 1 fully saturated rings. The second-order valence-corrected chi connectivity index (χ2v) is 11.5. The molecule has 1 aromatic carbocycles. The molecule has 1 aliphatic heterocycles. The van der Waals surface area contributed by atoms with Crippen molar-refractivity contribution >= 4 is 5.91 Å². The van der Waals surface area contributed by atoms with Crippen molar-refractivity contribution in [2.45, 2.75) is 128 Å². The Morgan fingerprint density at radius 3 is 2.08 bits per heavy atom. The Bertz CT molecular complexity index is 697. The van der Waals surface area contributed by atoms with E-state index >= 15 is 0 Å². The van der Waals surface area contributed by atoms with Crippen LogP contribution < -0.4 is 5.32 Å². The Morgan fingerprint density at radius 2 is 1.51 bits per heavy atom. The van der Waals surface area contributed by atoms with Gasteiger partial charge < -0.3 is 15.3 Å². The molecule has 2 N–H and O–H groups in total. The lowest BCUT2D eigenvalue weighted by atomic mass is 9.99. The third kappa shape index (κ3) is 13.8. The number of amides is 1. The molecule has 3 atom stereocenters. The first kappa shape index (κ1) is 31.8. The third-order valence-electron chi connectivity index (χ3n) is 8.04. The van der Waals surface area contributed by atoms with Crippen LogP contribution in [0.2, 0.25) is 0 Å². The molecule has 1 unspecified atom stereocenters. The Hall–Kier alpha value is -1.43. The molecule has 0 spiro atoms. The average Bonchev–Trinajstić information content (AvgIpc) is 2.91. The summed E-state index contributed by atoms with van der Waals surface area (Å²) in [5, 5.41) is 14.4. The number of hydrogen-bond acceptors (Lipinski definition) is 4. The molecule has 0 bridgehead atoms. The molecule has 0 aromatic heterocycles. The van der Waals surface area contributed by atoms with E-state index in [1.807, 2.05) is 30.3 Å². The molecule has 5 nitrogen and oxygen atoms in total. The first-order valence-electron chi connectivity index (χ1n) is 15.4. The fraction of sp³-hybridized carbons (Fsp3) is 0.781. The fourth-order valence-electron chi connectivity index (χ4n) is 5.59. The van der Waals surface area contributed by atoms with Gasteiger partial charge in [-0.1, -0.05) is 114 Å². The van der Waals surface area contributed by atoms with Crippen LogP contribution in [-0.4, -0.2) is 66.6 Å². The highest BCUT2D eigenvalue weighted by molar-refractivity contribution is 5.76. The number of unbranched alkanes of at least 4 members (excludes halogenated alkanes) is 12. The number of aliphatic hydroxyl groups excluding tert-OH is 1. The maximum Gasteiger partial charge on any atom is 0.220 e. The van der Waals surface area contributed by atoms with Crippen LogP contribution in [-0.2, 0) is 4.79 Å². The standard InChI is InChI=1S/C32H57N3O2/c1-4-5-6-7-8-9-10-11-12-13-14-15-19-24-31(36)33-30(32(37)28-21-17-16-18-22-28)27-35-25-20-23-29(26-35)34(2)3/h16-18,21-22,29-30,32,37H,4-15,19-20,23-27H2,1-3H3,(H,33,36)/t29?,30-,32-/m1/s1. The first-order chi connectivity index (χ1) is 18.0. The summed E-state index contributed by atoms with van der Waals surface area (Å²) in [4.78, 5) is 17.6. The molecule has 0 radical (unpaired) electrons. The number of nitrogens with one attached hydrogen (secondary N) is 1. The van der Waals surface area contributed by atoms with Gasteiger partial charge in [0, 0.05) is 25.6 Å². The second kappa shape index (κ2) is 19.6. The van der Waals surface area contributed by atoms with Crippen molar-refractivity contribution in [3.63, 3.8) is 0 Å². The molecule has 37 heavy (non-hydrogen) atoms. The minimum absolute atomic E-state index is 0.0734. The van der Waals surface area contributed by atoms with E-state index in [2.05, 4.69) is 36.1 Å². The minimum atomic E-state index is -0.698. The van der Waals surface area contributed by atoms with Gasteiger partial charge in [0.1, 0.15) is 6.10 Å². The Morgan fingerprint density at radius 1 is 0.946 bits per heavy atom. The molecule has 212 valence electrons. The molecule has 0 saturated carbocycles. The Balaban J connectivity index is 1.67. The van der Waals surface area contributed by atoms with Crippen molar-refractivity contribution in [3.8, 4) is 0 Å². The monoisotopic (exact) mass is 515 g/mol. The van der Waals surface area contributed by atoms with Gasteiger partial charge in [0.15, 0.2) is 0 Å². The highest BCUT2D eigenvalue weighted by Crippen LogP contribution is 2.21. The predicted octanol–water partition coefficient (Wildman–Crippen LogP) is 6.71. The van der Waals surface area contributed by atoms with Crippen LogP contribution in [0.15, 0.2) is 30.3 Å². The van der Waals surface area contributed by atoms with Gasteiger partial charge in [-0.25, -0.2) is 0 Å². The summed E-state index contributed by atoms with van der Waals surface area (Å²) in [7, 11) is 4.28. The van der Waals surface area contributed by atoms with E-state index in [4.69, 9.17) is 0 Å². The number of rotatable bonds is 20. The van der Waals surface area contributed by atoms with E-state index in [9.17, 15) is 9.90 Å². The van der Waals surface area contributed by atoms with E-state index in [-0.39, 0.29) is 11.9 Å². The van der Waals surface area contributed by atoms with Crippen molar-refractivity contribution in [1.29, 1.82) is 0 Å². The van der Waals surface area contributed by atoms with E-state index in [0.717, 1.165) is 37.9 Å². The van der Waals surface area contributed by atoms with Gasteiger partial charge in [-0.05, 0) is 45.5 Å². The smallest absolute Gasteiger partial charge is 0.220 e. The van der Waals surface area contributed by atoms with Gasteiger partial charge >= 0.3 is 0 Å². The molecule has 1 aliphatic rings. The van der Waals surface area contributed by atoms with E-state index in [1.54, 1.807) is 0 Å². The zero-order valence-electron chi connectivity index (χ0n) is 24.3. The molecule has 1 saturated heterocycles. The van der Waals surface area contributed by atoms with Gasteiger partial charge in [-0.3, -0.25) is 9.69 Å². The summed E-state index contributed by atoms with van der Waals surface area (Å²) >= 11 is 0. The number of piperidine rings is 1. The average molecular weight is 516 g/mol. The van der Waals surface area contributed by atoms with Gasteiger partial charge in [-0.15, -0.1) is 0 Å². The highest BCUT2D eigenvalue weighted by atomic mass is 16.3. The molecular formula is C32H57N3O2. The number of likely N-dealkylation sites (N-methyl/N-ethyl adjacent to an activating group) is 1. The number of likely N-dealkylation sites (tertiary alicyclic amines) is 1. The summed E-state index contributed by atoms with van der Waals surface area (Å²) in [6.07, 6.45) is 19.2. The normalized spacial score (nSPS) is 18.1. The predicted molar refractivity (Wildman–Crippen MR) is 157 cm³/mol. The summed E-state index contributed by atoms with van der Waals surface area (Å²) < 4.78 is 0. The number of carbonyl (C=O) groups excluding carboxylic acids is 1. The molecular weight excluding hydrogens is 458 g/mol. The topological polar surface area (TPSA) is 55.8 Å². The number of aliphatic hydroxyl groups is 1. The minimum Gasteiger partial charge on any atom is -0.386 e. The van der Waals surface area contributed by atoms with Crippen molar-refractivity contribution in [2.75, 3.05) is 33.7 Å². The number of nitrogens with zero attached hydrogens (tertiary/aromatic N) is 2. The van der Waals surface area contributed by atoms with Crippen molar-refractivity contribution in [2.24, 2.45) is 0 Å². The molecule has 1 amide bonds. The summed E-state index contributed by atoms with van der Waals surface area (Å²) in [6.45, 7) is 4.97. The Labute approximate surface area is 228 Å². The van der Waals surface area contributed by atoms with Gasteiger partial charge in [0.25, 0.3) is 0 Å². The molecule has 2 rings (SSSR count). The van der Waals surface area contributed by atoms with Crippen molar-refractivity contribution < 1.29 is 9.90 Å². The van der Waals surface area contributed by atoms with Crippen LogP contribution in [0.4, 0.5) is 0 Å². The summed E-state index contributed by atoms with van der Waals surface area (Å²) in [5.74, 6) is 0.0734. The lowest BCUT2D eigenvalue weighted by Gasteiger charge is -2.38. The lowest BCUT2D eigenvalue weighted by molar-refractivity contribution is -0.123. The third-order valence-corrected chi connectivity index (χ3v) is 8.04. The molecule has 1 heterocycles. The van der Waals surface area contributed by atoms with E-state index < -0.39 is 6.10 Å². The molecule has 1 aromatic rings. The zero-order chi connectivity index (χ0) is 26.7. The van der Waals surface area contributed by atoms with E-state index in [0.29, 0.717) is 19.0 Å². The van der Waals surface area contributed by atoms with Crippen LogP contribution in [0, 0.1) is 0 Å². The molecule has 0 aliphatic carbocycles. The maximum absolute atomic E-state index is 12.9. The first-order valence-corrected chi connectivity index (χ1v) is 15.4. The van der Waals surface area contributed by atoms with Crippen LogP contribution in [0.1, 0.15) is 121 Å². The zero-order valence-corrected chi connectivity index (χ0v) is 24.3. The quantitative estimate of drug-likeness (QED) is 0.189. The van der Waals surface area contributed by atoms with Crippen molar-refractivity contribution in [3.05, 3.63) is 35.9 Å². The highest BCUT2D eigenvalue weighted by Gasteiger charge is 2.28. The maximum atomic E-state index is 12.9. The van der Waals surface area contributed by atoms with Gasteiger partial charge in [-0.2, -0.15) is 0 Å². The van der Waals surface area contributed by atoms with Gasteiger partial charge in [0.05, 0.1) is 6.04 Å². The van der Waals surface area contributed by atoms with Gasteiger partial charge in [0.2, 0.25) is 5.91 Å². The van der Waals surface area contributed by atoms with Crippen molar-refractivity contribution in [1.82, 2.24) is 15.1 Å². The van der Waals surface area contributed by atoms with E-state index in [1.165, 1.54) is 77.0 Å². The number of benzene rings is 1.